The second kappa shape index (κ2) is 8.22. The van der Waals surface area contributed by atoms with Crippen LogP contribution in [0.25, 0.3) is 0 Å². The molecule has 0 aliphatic carbocycles. The van der Waals surface area contributed by atoms with Crippen molar-refractivity contribution in [3.63, 3.8) is 0 Å². The maximum atomic E-state index is 10.5. The number of hydrogen-bond acceptors (Lipinski definition) is 3. The van der Waals surface area contributed by atoms with Crippen LogP contribution in [-0.4, -0.2) is 22.7 Å². The van der Waals surface area contributed by atoms with Crippen LogP contribution in [0.15, 0.2) is 24.5 Å². The lowest BCUT2D eigenvalue weighted by Crippen LogP contribution is -2.32. The Morgan fingerprint density at radius 1 is 1.39 bits per heavy atom. The molecular weight excluding hydrogens is 224 g/mol. The van der Waals surface area contributed by atoms with Gasteiger partial charge in [0.15, 0.2) is 0 Å². The molecule has 0 fully saturated rings. The van der Waals surface area contributed by atoms with Gasteiger partial charge in [0.2, 0.25) is 0 Å². The van der Waals surface area contributed by atoms with Crippen molar-refractivity contribution in [2.24, 2.45) is 11.7 Å². The predicted octanol–water partition coefficient (Wildman–Crippen LogP) is 2.70. The van der Waals surface area contributed by atoms with Crippen LogP contribution in [-0.2, 0) is 0 Å². The molecule has 1 heterocycles. The number of aliphatic hydroxyl groups excluding tert-OH is 1. The Hall–Kier alpha value is -0.930. The Bertz CT molecular complexity index is 316. The first kappa shape index (κ1) is 15.1. The molecular formula is C15H26N2O. The number of rotatable bonds is 8. The van der Waals surface area contributed by atoms with E-state index in [4.69, 9.17) is 5.73 Å². The highest BCUT2D eigenvalue weighted by molar-refractivity contribution is 5.17. The molecule has 3 unspecified atom stereocenters. The van der Waals surface area contributed by atoms with Gasteiger partial charge in [-0.25, -0.2) is 0 Å². The molecule has 0 spiro atoms. The smallest absolute Gasteiger partial charge is 0.0649 e. The van der Waals surface area contributed by atoms with Crippen LogP contribution in [0, 0.1) is 5.92 Å². The van der Waals surface area contributed by atoms with Crippen LogP contribution in [0.5, 0.6) is 0 Å². The summed E-state index contributed by atoms with van der Waals surface area (Å²) < 4.78 is 0. The van der Waals surface area contributed by atoms with Crippen LogP contribution in [0.1, 0.15) is 51.0 Å². The van der Waals surface area contributed by atoms with Crippen molar-refractivity contribution < 1.29 is 5.11 Å². The predicted molar refractivity (Wildman–Crippen MR) is 75.3 cm³/mol. The highest BCUT2D eigenvalue weighted by atomic mass is 16.3. The van der Waals surface area contributed by atoms with Gasteiger partial charge in [-0.05, 0) is 24.0 Å². The topological polar surface area (TPSA) is 59.1 Å². The second-order valence-corrected chi connectivity index (χ2v) is 4.93. The van der Waals surface area contributed by atoms with Gasteiger partial charge in [-0.15, -0.1) is 0 Å². The van der Waals surface area contributed by atoms with Gasteiger partial charge < -0.3 is 10.8 Å². The molecule has 1 rings (SSSR count). The molecule has 0 saturated carbocycles. The Morgan fingerprint density at radius 2 is 2.17 bits per heavy atom. The minimum atomic E-state index is -0.365. The van der Waals surface area contributed by atoms with Gasteiger partial charge >= 0.3 is 0 Å². The van der Waals surface area contributed by atoms with Crippen LogP contribution in [0.2, 0.25) is 0 Å². The van der Waals surface area contributed by atoms with E-state index in [-0.39, 0.29) is 12.0 Å². The van der Waals surface area contributed by atoms with Crippen LogP contribution in [0.3, 0.4) is 0 Å². The first-order valence-electron chi connectivity index (χ1n) is 7.02. The van der Waals surface area contributed by atoms with Gasteiger partial charge in [0.1, 0.15) is 0 Å². The molecule has 3 atom stereocenters. The fourth-order valence-corrected chi connectivity index (χ4v) is 2.48. The lowest BCUT2D eigenvalue weighted by Gasteiger charge is -2.28. The van der Waals surface area contributed by atoms with E-state index in [1.165, 1.54) is 12.8 Å². The summed E-state index contributed by atoms with van der Waals surface area (Å²) in [6.07, 6.45) is 7.60. The fraction of sp³-hybridized carbons (Fsp3) is 0.667. The number of hydrogen-bond donors (Lipinski definition) is 2. The summed E-state index contributed by atoms with van der Waals surface area (Å²) in [5.41, 5.74) is 6.88. The van der Waals surface area contributed by atoms with E-state index in [2.05, 4.69) is 18.8 Å². The zero-order valence-corrected chi connectivity index (χ0v) is 11.5. The van der Waals surface area contributed by atoms with Crippen LogP contribution < -0.4 is 5.73 Å². The molecule has 0 aliphatic heterocycles. The number of aliphatic hydroxyl groups is 1. The average molecular weight is 250 g/mol. The van der Waals surface area contributed by atoms with E-state index < -0.39 is 0 Å². The van der Waals surface area contributed by atoms with Gasteiger partial charge in [-0.3, -0.25) is 4.98 Å². The molecule has 3 heteroatoms. The quantitative estimate of drug-likeness (QED) is 0.745. The van der Waals surface area contributed by atoms with E-state index in [0.29, 0.717) is 12.5 Å². The summed E-state index contributed by atoms with van der Waals surface area (Å²) in [7, 11) is 0. The highest BCUT2D eigenvalue weighted by Gasteiger charge is 2.26. The summed E-state index contributed by atoms with van der Waals surface area (Å²) >= 11 is 0. The zero-order valence-electron chi connectivity index (χ0n) is 11.5. The van der Waals surface area contributed by atoms with Crippen LogP contribution in [0.4, 0.5) is 0 Å². The van der Waals surface area contributed by atoms with E-state index in [0.717, 1.165) is 18.4 Å². The summed E-state index contributed by atoms with van der Waals surface area (Å²) in [5, 5.41) is 10.5. The van der Waals surface area contributed by atoms with Gasteiger partial charge in [-0.2, -0.15) is 0 Å². The molecule has 102 valence electrons. The van der Waals surface area contributed by atoms with Crippen molar-refractivity contribution in [1.29, 1.82) is 0 Å². The molecule has 3 N–H and O–H groups in total. The lowest BCUT2D eigenvalue weighted by molar-refractivity contribution is 0.0742. The Labute approximate surface area is 110 Å². The summed E-state index contributed by atoms with van der Waals surface area (Å²) in [4.78, 5) is 4.12. The maximum Gasteiger partial charge on any atom is 0.0649 e. The molecule has 0 aliphatic rings. The van der Waals surface area contributed by atoms with Gasteiger partial charge in [-0.1, -0.05) is 39.2 Å². The van der Waals surface area contributed by atoms with Gasteiger partial charge in [0.25, 0.3) is 0 Å². The van der Waals surface area contributed by atoms with Crippen molar-refractivity contribution in [1.82, 2.24) is 4.98 Å². The van der Waals surface area contributed by atoms with Crippen molar-refractivity contribution in [2.45, 2.75) is 51.6 Å². The zero-order chi connectivity index (χ0) is 13.4. The van der Waals surface area contributed by atoms with Gasteiger partial charge in [0.05, 0.1) is 6.10 Å². The summed E-state index contributed by atoms with van der Waals surface area (Å²) in [6, 6.07) is 3.90. The molecule has 0 aromatic carbocycles. The number of unbranched alkanes of at least 4 members (excludes halogenated alkanes) is 1. The normalized spacial score (nSPS) is 16.2. The molecule has 18 heavy (non-hydrogen) atoms. The molecule has 0 bridgehead atoms. The van der Waals surface area contributed by atoms with Gasteiger partial charge in [0, 0.05) is 24.9 Å². The highest BCUT2D eigenvalue weighted by Crippen LogP contribution is 2.28. The summed E-state index contributed by atoms with van der Waals surface area (Å²) in [6.45, 7) is 4.79. The minimum Gasteiger partial charge on any atom is -0.392 e. The molecule has 0 amide bonds. The summed E-state index contributed by atoms with van der Waals surface area (Å²) in [5.74, 6) is 0.333. The molecule has 1 aromatic heterocycles. The number of aromatic nitrogens is 1. The van der Waals surface area contributed by atoms with E-state index in [9.17, 15) is 5.11 Å². The molecule has 1 aromatic rings. The molecule has 0 radical (unpaired) electrons. The SMILES string of the molecule is CCCCC(CC)C(O)C(CN)c1cccnc1. The minimum absolute atomic E-state index is 0.000469. The monoisotopic (exact) mass is 250 g/mol. The Balaban J connectivity index is 2.74. The third kappa shape index (κ3) is 4.07. The van der Waals surface area contributed by atoms with Crippen LogP contribution >= 0.6 is 0 Å². The average Bonchev–Trinajstić information content (AvgIpc) is 2.42. The third-order valence-corrected chi connectivity index (χ3v) is 3.71. The van der Waals surface area contributed by atoms with E-state index >= 15 is 0 Å². The number of nitrogens with two attached hydrogens (primary N) is 1. The second-order valence-electron chi connectivity index (χ2n) is 4.93. The van der Waals surface area contributed by atoms with Crippen molar-refractivity contribution >= 4 is 0 Å². The fourth-order valence-electron chi connectivity index (χ4n) is 2.48. The lowest BCUT2D eigenvalue weighted by atomic mass is 9.82. The first-order chi connectivity index (χ1) is 8.74. The Kier molecular flexibility index (Phi) is 6.91. The first-order valence-corrected chi connectivity index (χ1v) is 7.02. The van der Waals surface area contributed by atoms with Crippen molar-refractivity contribution in [3.05, 3.63) is 30.1 Å². The largest absolute Gasteiger partial charge is 0.392 e. The van der Waals surface area contributed by atoms with Crippen molar-refractivity contribution in [2.75, 3.05) is 6.54 Å². The molecule has 3 nitrogen and oxygen atoms in total. The molecule has 0 saturated heterocycles. The maximum absolute atomic E-state index is 10.5. The third-order valence-electron chi connectivity index (χ3n) is 3.71. The standard InChI is InChI=1S/C15H26N2O/c1-3-5-7-12(4-2)15(18)14(10-16)13-8-6-9-17-11-13/h6,8-9,11-12,14-15,18H,3-5,7,10,16H2,1-2H3. The Morgan fingerprint density at radius 3 is 2.67 bits per heavy atom. The van der Waals surface area contributed by atoms with E-state index in [1.807, 2.05) is 18.3 Å². The van der Waals surface area contributed by atoms with E-state index in [1.54, 1.807) is 6.20 Å². The number of pyridine rings is 1. The number of nitrogens with zero attached hydrogens (tertiary/aromatic N) is 1. The van der Waals surface area contributed by atoms with Crippen molar-refractivity contribution in [3.8, 4) is 0 Å².